The van der Waals surface area contributed by atoms with Gasteiger partial charge in [0.15, 0.2) is 11.5 Å². The molecule has 1 aromatic rings. The Balaban J connectivity index is 1.70. The van der Waals surface area contributed by atoms with E-state index in [0.29, 0.717) is 11.5 Å². The average Bonchev–Trinajstić information content (AvgIpc) is 2.81. The van der Waals surface area contributed by atoms with Gasteiger partial charge in [-0.1, -0.05) is 52.2 Å². The van der Waals surface area contributed by atoms with Crippen LogP contribution in [-0.2, 0) is 10.2 Å². The van der Waals surface area contributed by atoms with Crippen LogP contribution in [0.15, 0.2) is 17.7 Å². The molecule has 4 aliphatic carbocycles. The second kappa shape index (κ2) is 6.93. The van der Waals surface area contributed by atoms with Crippen molar-refractivity contribution >= 4 is 6.29 Å². The second-order valence-corrected chi connectivity index (χ2v) is 13.3. The molecule has 0 aliphatic heterocycles. The number of benzene rings is 1. The smallest absolute Gasteiger partial charge is 0.160 e. The quantitative estimate of drug-likeness (QED) is 0.207. The normalized spacial score (nSPS) is 45.0. The molecule has 0 aromatic heterocycles. The van der Waals surface area contributed by atoms with Gasteiger partial charge in [-0.25, -0.2) is 0 Å². The molecule has 0 amide bonds. The van der Waals surface area contributed by atoms with E-state index in [0.717, 1.165) is 49.7 Å². The van der Waals surface area contributed by atoms with E-state index in [2.05, 4.69) is 46.6 Å². The lowest BCUT2D eigenvalue weighted by Gasteiger charge is -2.70. The van der Waals surface area contributed by atoms with E-state index in [4.69, 9.17) is 6.42 Å². The van der Waals surface area contributed by atoms with Crippen molar-refractivity contribution in [3.63, 3.8) is 0 Å². The maximum Gasteiger partial charge on any atom is 0.160 e. The summed E-state index contributed by atoms with van der Waals surface area (Å²) in [5.74, 6) is 3.14. The Kier molecular flexibility index (Phi) is 4.80. The Bertz CT molecular complexity index is 1160. The van der Waals surface area contributed by atoms with Gasteiger partial charge >= 0.3 is 0 Å². The molecule has 7 atom stereocenters. The predicted octanol–water partition coefficient (Wildman–Crippen LogP) is 6.93. The summed E-state index contributed by atoms with van der Waals surface area (Å²) in [4.78, 5) is 12.1. The maximum atomic E-state index is 12.1. The van der Waals surface area contributed by atoms with Gasteiger partial charge < -0.3 is 15.0 Å². The van der Waals surface area contributed by atoms with Crippen LogP contribution in [0.25, 0.3) is 0 Å². The van der Waals surface area contributed by atoms with Crippen LogP contribution in [-0.4, -0.2) is 16.5 Å². The Labute approximate surface area is 205 Å². The highest BCUT2D eigenvalue weighted by atomic mass is 16.3. The van der Waals surface area contributed by atoms with Crippen LogP contribution in [0.5, 0.6) is 11.5 Å². The van der Waals surface area contributed by atoms with Gasteiger partial charge in [-0.2, -0.15) is 0 Å². The first-order chi connectivity index (χ1) is 15.8. The van der Waals surface area contributed by atoms with E-state index < -0.39 is 0 Å². The maximum absolute atomic E-state index is 12.1. The van der Waals surface area contributed by atoms with Crippen molar-refractivity contribution in [3.8, 4) is 23.8 Å². The van der Waals surface area contributed by atoms with Crippen LogP contribution >= 0.6 is 0 Å². The standard InChI is InChI=1S/C31H40O3/c1-8-20-15-23-29(5,21-16-22(33)26(34)19(2)25(20)21)12-14-31(7)24-17-27(3,18-32)9-10-28(24,4)11-13-30(23,31)6/h1,15-16,18,20,24,33-34H,9-14,17H2,2-7H3/t20?,24-,27-,28-,29+,30-,31+/m1/s1. The van der Waals surface area contributed by atoms with Crippen LogP contribution < -0.4 is 0 Å². The molecular weight excluding hydrogens is 420 g/mol. The van der Waals surface area contributed by atoms with Crippen molar-refractivity contribution < 1.29 is 15.0 Å². The summed E-state index contributed by atoms with van der Waals surface area (Å²) in [5.41, 5.74) is 4.00. The number of rotatable bonds is 1. The molecule has 2 N–H and O–H groups in total. The lowest BCUT2D eigenvalue weighted by atomic mass is 9.34. The molecule has 0 heterocycles. The molecule has 1 unspecified atom stereocenters. The zero-order valence-corrected chi connectivity index (χ0v) is 21.7. The van der Waals surface area contributed by atoms with Gasteiger partial charge in [-0.3, -0.25) is 0 Å². The number of hydrogen-bond donors (Lipinski definition) is 2. The van der Waals surface area contributed by atoms with Crippen molar-refractivity contribution in [3.05, 3.63) is 34.4 Å². The summed E-state index contributed by atoms with van der Waals surface area (Å²) < 4.78 is 0. The first-order valence-electron chi connectivity index (χ1n) is 13.0. The van der Waals surface area contributed by atoms with Crippen LogP contribution in [0.3, 0.4) is 0 Å². The summed E-state index contributed by atoms with van der Waals surface area (Å²) in [5, 5.41) is 21.1. The minimum atomic E-state index is -0.235. The minimum Gasteiger partial charge on any atom is -0.504 e. The third-order valence-corrected chi connectivity index (χ3v) is 11.6. The van der Waals surface area contributed by atoms with Crippen molar-refractivity contribution in [1.82, 2.24) is 0 Å². The van der Waals surface area contributed by atoms with E-state index in [1.54, 1.807) is 6.07 Å². The molecule has 3 nitrogen and oxygen atoms in total. The Morgan fingerprint density at radius 1 is 1.03 bits per heavy atom. The predicted molar refractivity (Wildman–Crippen MR) is 136 cm³/mol. The summed E-state index contributed by atoms with van der Waals surface area (Å²) in [6, 6.07) is 1.78. The third-order valence-electron chi connectivity index (χ3n) is 11.6. The van der Waals surface area contributed by atoms with Gasteiger partial charge in [0.2, 0.25) is 0 Å². The molecule has 3 saturated carbocycles. The van der Waals surface area contributed by atoms with E-state index in [1.165, 1.54) is 18.3 Å². The molecule has 0 saturated heterocycles. The molecule has 0 radical (unpaired) electrons. The average molecular weight is 461 g/mol. The summed E-state index contributed by atoms with van der Waals surface area (Å²) in [6.07, 6.45) is 17.0. The minimum absolute atomic E-state index is 0.0422. The summed E-state index contributed by atoms with van der Waals surface area (Å²) in [7, 11) is 0. The fourth-order valence-corrected chi connectivity index (χ4v) is 9.00. The summed E-state index contributed by atoms with van der Waals surface area (Å²) >= 11 is 0. The van der Waals surface area contributed by atoms with Gasteiger partial charge in [-0.15, -0.1) is 6.42 Å². The van der Waals surface area contributed by atoms with Gasteiger partial charge in [0, 0.05) is 10.8 Å². The number of hydrogen-bond acceptors (Lipinski definition) is 3. The first-order valence-corrected chi connectivity index (χ1v) is 13.0. The largest absolute Gasteiger partial charge is 0.504 e. The zero-order chi connectivity index (χ0) is 24.9. The molecule has 1 aromatic carbocycles. The number of fused-ring (bicyclic) bond motifs is 7. The molecule has 182 valence electrons. The van der Waals surface area contributed by atoms with Gasteiger partial charge in [0.1, 0.15) is 6.29 Å². The number of phenols is 2. The number of aldehydes is 1. The van der Waals surface area contributed by atoms with Gasteiger partial charge in [0.05, 0.1) is 5.92 Å². The molecule has 3 fully saturated rings. The molecule has 34 heavy (non-hydrogen) atoms. The molecule has 4 aliphatic rings. The lowest BCUT2D eigenvalue weighted by Crippen LogP contribution is -2.62. The molecule has 0 spiro atoms. The molecule has 3 heteroatoms. The van der Waals surface area contributed by atoms with Gasteiger partial charge in [-0.05, 0) is 96.8 Å². The molecular formula is C31H40O3. The topological polar surface area (TPSA) is 57.5 Å². The fraction of sp³-hybridized carbons (Fsp3) is 0.645. The highest BCUT2D eigenvalue weighted by Crippen LogP contribution is 2.75. The Morgan fingerprint density at radius 2 is 1.71 bits per heavy atom. The Hall–Kier alpha value is -2.21. The van der Waals surface area contributed by atoms with Crippen LogP contribution in [0, 0.1) is 46.8 Å². The zero-order valence-electron chi connectivity index (χ0n) is 21.7. The van der Waals surface area contributed by atoms with Crippen molar-refractivity contribution in [2.45, 2.75) is 97.8 Å². The third kappa shape index (κ3) is 2.69. The highest BCUT2D eigenvalue weighted by Gasteiger charge is 2.66. The number of carbonyl (C=O) groups excluding carboxylic acids is 1. The molecule has 0 bridgehead atoms. The Morgan fingerprint density at radius 3 is 2.35 bits per heavy atom. The fourth-order valence-electron chi connectivity index (χ4n) is 9.00. The SMILES string of the molecule is C#CC1C=C2[C@@](C)(CC[C@@]3(C)[C@@H]4C[C@](C)(C=O)CC[C@]4(C)CC[C@]23C)c2cc(O)c(O)c(C)c21. The number of terminal acetylenes is 1. The van der Waals surface area contributed by atoms with Crippen LogP contribution in [0.4, 0.5) is 0 Å². The van der Waals surface area contributed by atoms with E-state index in [-0.39, 0.29) is 44.5 Å². The van der Waals surface area contributed by atoms with E-state index >= 15 is 0 Å². The van der Waals surface area contributed by atoms with Crippen molar-refractivity contribution in [2.75, 3.05) is 0 Å². The number of allylic oxidation sites excluding steroid dienone is 2. The second-order valence-electron chi connectivity index (χ2n) is 13.3. The summed E-state index contributed by atoms with van der Waals surface area (Å²) in [6.45, 7) is 13.8. The van der Waals surface area contributed by atoms with Crippen molar-refractivity contribution in [2.24, 2.45) is 27.6 Å². The molecule has 5 rings (SSSR count). The van der Waals surface area contributed by atoms with Crippen molar-refractivity contribution in [1.29, 1.82) is 0 Å². The first kappa shape index (κ1) is 23.5. The highest BCUT2D eigenvalue weighted by molar-refractivity contribution is 5.64. The number of phenolic OH excluding ortho intramolecular Hbond substituents is 2. The monoisotopic (exact) mass is 460 g/mol. The lowest BCUT2D eigenvalue weighted by molar-refractivity contribution is -0.161. The number of carbonyl (C=O) groups is 1. The number of aromatic hydroxyl groups is 2. The van der Waals surface area contributed by atoms with E-state index in [1.807, 2.05) is 6.92 Å². The van der Waals surface area contributed by atoms with Crippen LogP contribution in [0.1, 0.15) is 102 Å². The van der Waals surface area contributed by atoms with Gasteiger partial charge in [0.25, 0.3) is 0 Å². The van der Waals surface area contributed by atoms with E-state index in [9.17, 15) is 15.0 Å². The van der Waals surface area contributed by atoms with Crippen LogP contribution in [0.2, 0.25) is 0 Å².